The topological polar surface area (TPSA) is 55.5 Å². The van der Waals surface area contributed by atoms with Crippen LogP contribution in [0.1, 0.15) is 19.4 Å². The van der Waals surface area contributed by atoms with Gasteiger partial charge in [0.1, 0.15) is 0 Å². The van der Waals surface area contributed by atoms with Crippen LogP contribution < -0.4 is 0 Å². The molecule has 0 bridgehead atoms. The van der Waals surface area contributed by atoms with Gasteiger partial charge in [-0.2, -0.15) is 0 Å². The minimum absolute atomic E-state index is 0.0993. The molecule has 0 amide bonds. The number of non-ortho nitro benzene ring substituents is 1. The smallest absolute Gasteiger partial charge is 0.269 e. The van der Waals surface area contributed by atoms with Gasteiger partial charge >= 0.3 is 0 Å². The molecule has 0 fully saturated rings. The van der Waals surface area contributed by atoms with Crippen LogP contribution in [0.15, 0.2) is 64.5 Å². The van der Waals surface area contributed by atoms with Crippen LogP contribution in [-0.4, -0.2) is 22.9 Å². The van der Waals surface area contributed by atoms with E-state index < -0.39 is 4.92 Å². The molecule has 23 heavy (non-hydrogen) atoms. The van der Waals surface area contributed by atoms with E-state index in [2.05, 4.69) is 31.0 Å². The number of hydrogen-bond donors (Lipinski definition) is 0. The number of nitro groups is 1. The fourth-order valence-electron chi connectivity index (χ4n) is 1.97. The summed E-state index contributed by atoms with van der Waals surface area (Å²) < 4.78 is 0. The Hall–Kier alpha value is -2.14. The predicted octanol–water partition coefficient (Wildman–Crippen LogP) is 4.83. The van der Waals surface area contributed by atoms with Crippen LogP contribution in [0.4, 0.5) is 5.69 Å². The summed E-state index contributed by atoms with van der Waals surface area (Å²) in [4.78, 5) is 16.2. The van der Waals surface area contributed by atoms with Gasteiger partial charge in [0.05, 0.1) is 11.0 Å². The van der Waals surface area contributed by atoms with E-state index in [9.17, 15) is 10.1 Å². The third-order valence-electron chi connectivity index (χ3n) is 3.45. The average molecular weight is 328 g/mol. The maximum atomic E-state index is 10.7. The Morgan fingerprint density at radius 3 is 2.35 bits per heavy atom. The van der Waals surface area contributed by atoms with Gasteiger partial charge in [0.25, 0.3) is 5.69 Å². The molecule has 0 aliphatic rings. The highest BCUT2D eigenvalue weighted by Gasteiger charge is 2.12. The molecule has 0 saturated heterocycles. The van der Waals surface area contributed by atoms with Crippen molar-refractivity contribution in [2.75, 3.05) is 5.75 Å². The predicted molar refractivity (Wildman–Crippen MR) is 96.5 cm³/mol. The van der Waals surface area contributed by atoms with Crippen molar-refractivity contribution in [1.29, 1.82) is 0 Å². The molecule has 1 atom stereocenters. The van der Waals surface area contributed by atoms with Gasteiger partial charge in [-0.25, -0.2) is 0 Å². The van der Waals surface area contributed by atoms with Crippen LogP contribution in [-0.2, 0) is 0 Å². The molecule has 0 N–H and O–H groups in total. The van der Waals surface area contributed by atoms with E-state index in [0.717, 1.165) is 11.3 Å². The normalized spacial score (nSPS) is 12.7. The first-order chi connectivity index (χ1) is 11.1. The van der Waals surface area contributed by atoms with E-state index >= 15 is 0 Å². The Kier molecular flexibility index (Phi) is 6.35. The van der Waals surface area contributed by atoms with Gasteiger partial charge < -0.3 is 0 Å². The van der Waals surface area contributed by atoms with Gasteiger partial charge in [-0.05, 0) is 35.7 Å². The second kappa shape index (κ2) is 8.48. The lowest BCUT2D eigenvalue weighted by molar-refractivity contribution is -0.384. The zero-order valence-corrected chi connectivity index (χ0v) is 14.1. The Labute approximate surface area is 140 Å². The molecule has 0 unspecified atom stereocenters. The first-order valence-electron chi connectivity index (χ1n) is 7.51. The monoisotopic (exact) mass is 328 g/mol. The summed E-state index contributed by atoms with van der Waals surface area (Å²) in [6.07, 6.45) is 1.81. The highest BCUT2D eigenvalue weighted by Crippen LogP contribution is 2.22. The number of rotatable bonds is 7. The van der Waals surface area contributed by atoms with Crippen LogP contribution in [0, 0.1) is 16.0 Å². The third kappa shape index (κ3) is 5.53. The molecule has 0 spiro atoms. The number of aliphatic imine (C=N–C) groups is 1. The molecule has 0 aliphatic carbocycles. The molecule has 0 saturated carbocycles. The number of nitrogens with zero attached hydrogens (tertiary/aromatic N) is 2. The Balaban J connectivity index is 1.99. The van der Waals surface area contributed by atoms with Crippen molar-refractivity contribution in [3.8, 4) is 0 Å². The first kappa shape index (κ1) is 17.2. The third-order valence-corrected chi connectivity index (χ3v) is 4.57. The van der Waals surface area contributed by atoms with Crippen LogP contribution in [0.3, 0.4) is 0 Å². The van der Waals surface area contributed by atoms with Crippen LogP contribution in [0.5, 0.6) is 0 Å². The molecule has 0 heterocycles. The lowest BCUT2D eigenvalue weighted by Crippen LogP contribution is -2.16. The molecule has 2 rings (SSSR count). The second-order valence-corrected chi connectivity index (χ2v) is 6.66. The molecule has 5 heteroatoms. The van der Waals surface area contributed by atoms with Crippen LogP contribution in [0.25, 0.3) is 0 Å². The second-order valence-electron chi connectivity index (χ2n) is 5.56. The highest BCUT2D eigenvalue weighted by atomic mass is 32.2. The summed E-state index contributed by atoms with van der Waals surface area (Å²) >= 11 is 1.80. The molecular formula is C18H20N2O2S. The number of thioether (sulfide) groups is 1. The summed E-state index contributed by atoms with van der Waals surface area (Å²) in [5, 5.41) is 10.7. The summed E-state index contributed by atoms with van der Waals surface area (Å²) in [6.45, 7) is 4.31. The lowest BCUT2D eigenvalue weighted by atomic mass is 10.1. The SMILES string of the molecule is CC(C)[C@@H](CSc1ccccc1)N=Cc1ccc([N+](=O)[O-])cc1. The van der Waals surface area contributed by atoms with Crippen molar-refractivity contribution in [1.82, 2.24) is 0 Å². The van der Waals surface area contributed by atoms with Crippen molar-refractivity contribution >= 4 is 23.7 Å². The van der Waals surface area contributed by atoms with Gasteiger partial charge in [-0.1, -0.05) is 32.0 Å². The number of benzene rings is 2. The highest BCUT2D eigenvalue weighted by molar-refractivity contribution is 7.99. The molecule has 2 aromatic rings. The quantitative estimate of drug-likeness (QED) is 0.316. The fourth-order valence-corrected chi connectivity index (χ4v) is 3.15. The van der Waals surface area contributed by atoms with Crippen molar-refractivity contribution in [3.63, 3.8) is 0 Å². The average Bonchev–Trinajstić information content (AvgIpc) is 2.56. The van der Waals surface area contributed by atoms with Crippen molar-refractivity contribution < 1.29 is 4.92 Å². The van der Waals surface area contributed by atoms with E-state index in [4.69, 9.17) is 0 Å². The summed E-state index contributed by atoms with van der Waals surface area (Å²) in [5.74, 6) is 1.34. The van der Waals surface area contributed by atoms with E-state index in [1.54, 1.807) is 30.1 Å². The summed E-state index contributed by atoms with van der Waals surface area (Å²) in [6, 6.07) is 16.9. The van der Waals surface area contributed by atoms with Gasteiger partial charge in [0, 0.05) is 29.0 Å². The van der Waals surface area contributed by atoms with E-state index in [0.29, 0.717) is 5.92 Å². The lowest BCUT2D eigenvalue weighted by Gasteiger charge is -2.16. The van der Waals surface area contributed by atoms with Crippen molar-refractivity contribution in [3.05, 3.63) is 70.3 Å². The van der Waals surface area contributed by atoms with E-state index in [1.807, 2.05) is 18.2 Å². The van der Waals surface area contributed by atoms with Gasteiger partial charge in [-0.3, -0.25) is 15.1 Å². The molecule has 0 aromatic heterocycles. The Morgan fingerprint density at radius 2 is 1.78 bits per heavy atom. The maximum Gasteiger partial charge on any atom is 0.269 e. The van der Waals surface area contributed by atoms with Crippen molar-refractivity contribution in [2.45, 2.75) is 24.8 Å². The van der Waals surface area contributed by atoms with Gasteiger partial charge in [-0.15, -0.1) is 11.8 Å². The van der Waals surface area contributed by atoms with Crippen molar-refractivity contribution in [2.24, 2.45) is 10.9 Å². The number of nitro benzene ring substituents is 1. The molecule has 0 radical (unpaired) electrons. The largest absolute Gasteiger partial charge is 0.288 e. The first-order valence-corrected chi connectivity index (χ1v) is 8.50. The van der Waals surface area contributed by atoms with Gasteiger partial charge in [0.2, 0.25) is 0 Å². The number of hydrogen-bond acceptors (Lipinski definition) is 4. The molecule has 2 aromatic carbocycles. The van der Waals surface area contributed by atoms with E-state index in [1.165, 1.54) is 17.0 Å². The molecular weight excluding hydrogens is 308 g/mol. The zero-order chi connectivity index (χ0) is 16.7. The standard InChI is InChI=1S/C18H20N2O2S/c1-14(2)18(13-23-17-6-4-3-5-7-17)19-12-15-8-10-16(11-9-15)20(21)22/h3-12,14,18H,13H2,1-2H3/t18-/m1/s1. The summed E-state index contributed by atoms with van der Waals surface area (Å²) in [5.41, 5.74) is 0.980. The minimum atomic E-state index is -0.395. The minimum Gasteiger partial charge on any atom is -0.288 e. The maximum absolute atomic E-state index is 10.7. The van der Waals surface area contributed by atoms with Gasteiger partial charge in [0.15, 0.2) is 0 Å². The zero-order valence-electron chi connectivity index (χ0n) is 13.3. The molecule has 4 nitrogen and oxygen atoms in total. The molecule has 0 aliphatic heterocycles. The Bertz CT molecular complexity index is 654. The van der Waals surface area contributed by atoms with Crippen LogP contribution in [0.2, 0.25) is 0 Å². The van der Waals surface area contributed by atoms with Crippen LogP contribution >= 0.6 is 11.8 Å². The van der Waals surface area contributed by atoms with E-state index in [-0.39, 0.29) is 11.7 Å². The molecule has 120 valence electrons. The Morgan fingerprint density at radius 1 is 1.13 bits per heavy atom. The summed E-state index contributed by atoms with van der Waals surface area (Å²) in [7, 11) is 0. The fraction of sp³-hybridized carbons (Fsp3) is 0.278.